The predicted molar refractivity (Wildman–Crippen MR) is 91.1 cm³/mol. The fraction of sp³-hybridized carbons (Fsp3) is 0.375. The lowest BCUT2D eigenvalue weighted by atomic mass is 10.2. The van der Waals surface area contributed by atoms with Crippen LogP contribution in [0.2, 0.25) is 0 Å². The third-order valence-corrected chi connectivity index (χ3v) is 3.67. The van der Waals surface area contributed by atoms with Crippen LogP contribution in [-0.2, 0) is 17.9 Å². The molecular weight excluding hydrogens is 367 g/mol. The zero-order chi connectivity index (χ0) is 20.2. The number of halogens is 3. The molecule has 0 atom stereocenters. The van der Waals surface area contributed by atoms with Gasteiger partial charge in [0.25, 0.3) is 5.69 Å². The largest absolute Gasteiger partial charge is 0.406 e. The minimum absolute atomic E-state index is 0.0323. The van der Waals surface area contributed by atoms with Gasteiger partial charge in [0.15, 0.2) is 0 Å². The summed E-state index contributed by atoms with van der Waals surface area (Å²) in [5, 5.41) is 13.5. The Morgan fingerprint density at radius 1 is 1.41 bits per heavy atom. The molecule has 2 rings (SSSR count). The minimum Gasteiger partial charge on any atom is -0.325 e. The molecule has 1 aromatic carbocycles. The number of aryl methyl sites for hydroxylation is 1. The van der Waals surface area contributed by atoms with Crippen LogP contribution in [0.1, 0.15) is 11.4 Å². The van der Waals surface area contributed by atoms with Crippen LogP contribution >= 0.6 is 0 Å². The Labute approximate surface area is 152 Å². The summed E-state index contributed by atoms with van der Waals surface area (Å²) in [6, 6.07) is 4.31. The highest BCUT2D eigenvalue weighted by molar-refractivity contribution is 5.92. The number of nitro benzene ring substituents is 1. The molecule has 1 N–H and O–H groups in total. The van der Waals surface area contributed by atoms with Crippen molar-refractivity contribution in [2.24, 2.45) is 0 Å². The van der Waals surface area contributed by atoms with Crippen LogP contribution in [0.5, 0.6) is 0 Å². The lowest BCUT2D eigenvalue weighted by molar-refractivity contribution is -0.385. The van der Waals surface area contributed by atoms with Crippen molar-refractivity contribution in [1.29, 1.82) is 0 Å². The number of nitrogens with zero attached hydrogens (tertiary/aromatic N) is 4. The number of nitrogens with one attached hydrogen (secondary N) is 1. The number of benzene rings is 1. The van der Waals surface area contributed by atoms with Gasteiger partial charge in [0.1, 0.15) is 12.4 Å². The molecule has 0 radical (unpaired) electrons. The maximum Gasteiger partial charge on any atom is 0.406 e. The Balaban J connectivity index is 1.96. The van der Waals surface area contributed by atoms with Gasteiger partial charge in [-0.1, -0.05) is 6.07 Å². The van der Waals surface area contributed by atoms with Crippen LogP contribution in [0.15, 0.2) is 30.6 Å². The van der Waals surface area contributed by atoms with E-state index in [0.29, 0.717) is 5.56 Å². The first-order chi connectivity index (χ1) is 12.5. The van der Waals surface area contributed by atoms with Crippen LogP contribution in [-0.4, -0.2) is 45.1 Å². The molecule has 0 fully saturated rings. The molecule has 0 aliphatic carbocycles. The van der Waals surface area contributed by atoms with E-state index in [0.717, 1.165) is 4.57 Å². The van der Waals surface area contributed by atoms with E-state index in [1.807, 2.05) is 0 Å². The number of alkyl halides is 3. The van der Waals surface area contributed by atoms with Crippen LogP contribution in [0.3, 0.4) is 0 Å². The van der Waals surface area contributed by atoms with E-state index in [2.05, 4.69) is 10.3 Å². The quantitative estimate of drug-likeness (QED) is 0.584. The number of imidazole rings is 1. The van der Waals surface area contributed by atoms with E-state index in [9.17, 15) is 28.1 Å². The van der Waals surface area contributed by atoms with Gasteiger partial charge in [-0.3, -0.25) is 19.8 Å². The smallest absolute Gasteiger partial charge is 0.325 e. The SMILES string of the molecule is Cc1ccc(NC(=O)CN(C)Cc2nccn2CC(F)(F)F)cc1[N+](=O)[O-]. The Hall–Kier alpha value is -2.95. The first-order valence-electron chi connectivity index (χ1n) is 7.85. The first kappa shape index (κ1) is 20.4. The van der Waals surface area contributed by atoms with Gasteiger partial charge in [-0.25, -0.2) is 4.98 Å². The van der Waals surface area contributed by atoms with Gasteiger partial charge in [-0.2, -0.15) is 13.2 Å². The lowest BCUT2D eigenvalue weighted by Gasteiger charge is -2.17. The summed E-state index contributed by atoms with van der Waals surface area (Å²) in [4.78, 5) is 27.9. The molecule has 0 aliphatic heterocycles. The average molecular weight is 385 g/mol. The Morgan fingerprint density at radius 2 is 2.11 bits per heavy atom. The zero-order valence-electron chi connectivity index (χ0n) is 14.7. The van der Waals surface area contributed by atoms with Crippen LogP contribution in [0.25, 0.3) is 0 Å². The van der Waals surface area contributed by atoms with E-state index in [1.54, 1.807) is 14.0 Å². The summed E-state index contributed by atoms with van der Waals surface area (Å²) >= 11 is 0. The summed E-state index contributed by atoms with van der Waals surface area (Å²) in [6.45, 7) is 0.334. The number of carbonyl (C=O) groups excluding carboxylic acids is 1. The van der Waals surface area contributed by atoms with Gasteiger partial charge >= 0.3 is 6.18 Å². The summed E-state index contributed by atoms with van der Waals surface area (Å²) in [7, 11) is 1.56. The second-order valence-electron chi connectivity index (χ2n) is 6.07. The maximum absolute atomic E-state index is 12.5. The lowest BCUT2D eigenvalue weighted by Crippen LogP contribution is -2.31. The van der Waals surface area contributed by atoms with E-state index in [1.165, 1.54) is 35.5 Å². The van der Waals surface area contributed by atoms with Crippen molar-refractivity contribution in [2.45, 2.75) is 26.2 Å². The highest BCUT2D eigenvalue weighted by Crippen LogP contribution is 2.22. The average Bonchev–Trinajstić information content (AvgIpc) is 2.93. The zero-order valence-corrected chi connectivity index (χ0v) is 14.7. The number of nitro groups is 1. The Kier molecular flexibility index (Phi) is 6.16. The summed E-state index contributed by atoms with van der Waals surface area (Å²) < 4.78 is 38.6. The molecule has 0 spiro atoms. The predicted octanol–water partition coefficient (Wildman–Crippen LogP) is 2.73. The van der Waals surface area contributed by atoms with Crippen molar-refractivity contribution in [3.05, 3.63) is 52.1 Å². The number of aromatic nitrogens is 2. The monoisotopic (exact) mass is 385 g/mol. The van der Waals surface area contributed by atoms with Gasteiger partial charge in [0.05, 0.1) is 18.0 Å². The maximum atomic E-state index is 12.5. The first-order valence-corrected chi connectivity index (χ1v) is 7.85. The van der Waals surface area contributed by atoms with E-state index < -0.39 is 23.6 Å². The van der Waals surface area contributed by atoms with Crippen molar-refractivity contribution in [3.63, 3.8) is 0 Å². The third kappa shape index (κ3) is 6.06. The number of amides is 1. The second kappa shape index (κ2) is 8.16. The number of rotatable bonds is 7. The van der Waals surface area contributed by atoms with Crippen LogP contribution in [0.4, 0.5) is 24.5 Å². The van der Waals surface area contributed by atoms with Crippen molar-refractivity contribution in [2.75, 3.05) is 18.9 Å². The van der Waals surface area contributed by atoms with Crippen LogP contribution < -0.4 is 5.32 Å². The van der Waals surface area contributed by atoms with Gasteiger partial charge < -0.3 is 9.88 Å². The molecule has 146 valence electrons. The number of hydrogen-bond acceptors (Lipinski definition) is 5. The van der Waals surface area contributed by atoms with Crippen molar-refractivity contribution in [1.82, 2.24) is 14.5 Å². The standard InChI is InChI=1S/C16H18F3N5O3/c1-11-3-4-12(7-13(11)24(26)27)21-15(25)9-22(2)8-14-20-5-6-23(14)10-16(17,18)19/h3-7H,8-10H2,1-2H3,(H,21,25). The molecule has 2 aromatic rings. The molecule has 1 aromatic heterocycles. The minimum atomic E-state index is -4.37. The van der Waals surface area contributed by atoms with E-state index in [-0.39, 0.29) is 30.3 Å². The van der Waals surface area contributed by atoms with Gasteiger partial charge in [0.2, 0.25) is 5.91 Å². The van der Waals surface area contributed by atoms with Gasteiger partial charge in [0, 0.05) is 29.7 Å². The number of carbonyl (C=O) groups is 1. The normalized spacial score (nSPS) is 11.6. The molecule has 0 bridgehead atoms. The number of anilines is 1. The fourth-order valence-electron chi connectivity index (χ4n) is 2.46. The highest BCUT2D eigenvalue weighted by atomic mass is 19.4. The highest BCUT2D eigenvalue weighted by Gasteiger charge is 2.29. The molecule has 11 heteroatoms. The molecule has 27 heavy (non-hydrogen) atoms. The number of hydrogen-bond donors (Lipinski definition) is 1. The van der Waals surface area contributed by atoms with Crippen LogP contribution in [0, 0.1) is 17.0 Å². The molecule has 0 unspecified atom stereocenters. The van der Waals surface area contributed by atoms with Crippen molar-refractivity contribution in [3.8, 4) is 0 Å². The van der Waals surface area contributed by atoms with Gasteiger partial charge in [-0.15, -0.1) is 0 Å². The molecule has 8 nitrogen and oxygen atoms in total. The molecule has 1 amide bonds. The molecule has 0 saturated carbocycles. The van der Waals surface area contributed by atoms with Crippen molar-refractivity contribution < 1.29 is 22.9 Å². The molecule has 0 aliphatic rings. The topological polar surface area (TPSA) is 93.3 Å². The molecule has 1 heterocycles. The fourth-order valence-corrected chi connectivity index (χ4v) is 2.46. The molecular formula is C16H18F3N5O3. The third-order valence-electron chi connectivity index (χ3n) is 3.67. The van der Waals surface area contributed by atoms with Gasteiger partial charge in [-0.05, 0) is 20.0 Å². The number of likely N-dealkylation sites (N-methyl/N-ethyl adjacent to an activating group) is 1. The second-order valence-corrected chi connectivity index (χ2v) is 6.07. The van der Waals surface area contributed by atoms with Crippen molar-refractivity contribution >= 4 is 17.3 Å². The molecule has 0 saturated heterocycles. The Bertz CT molecular complexity index is 835. The summed E-state index contributed by atoms with van der Waals surface area (Å²) in [6.07, 6.45) is -1.88. The summed E-state index contributed by atoms with van der Waals surface area (Å²) in [5.74, 6) is -0.279. The summed E-state index contributed by atoms with van der Waals surface area (Å²) in [5.41, 5.74) is 0.617. The van der Waals surface area contributed by atoms with E-state index >= 15 is 0 Å². The Morgan fingerprint density at radius 3 is 2.74 bits per heavy atom. The van der Waals surface area contributed by atoms with E-state index in [4.69, 9.17) is 0 Å².